The van der Waals surface area contributed by atoms with Crippen LogP contribution in [0.25, 0.3) is 0 Å². The minimum atomic E-state index is -0.272. The topological polar surface area (TPSA) is 74.4 Å². The Hall–Kier alpha value is -1.66. The van der Waals surface area contributed by atoms with E-state index in [1.807, 2.05) is 0 Å². The zero-order chi connectivity index (χ0) is 13.9. The van der Waals surface area contributed by atoms with Crippen LogP contribution in [0.3, 0.4) is 0 Å². The molecule has 0 spiro atoms. The molecule has 20 heavy (non-hydrogen) atoms. The lowest BCUT2D eigenvalue weighted by molar-refractivity contribution is -0.0462. The number of amides is 1. The molecule has 3 heterocycles. The molecule has 6 heteroatoms. The Balaban J connectivity index is 1.52. The van der Waals surface area contributed by atoms with E-state index in [1.54, 1.807) is 12.1 Å². The molecule has 0 saturated carbocycles. The van der Waals surface area contributed by atoms with Gasteiger partial charge in [0.2, 0.25) is 5.56 Å². The molecule has 2 fully saturated rings. The standard InChI is InChI=1S/C14H19N3O3/c18-13-5-1-4-12(16-13)14(19)15-7-11-8-17-6-2-3-10(17)9-20-11/h1,4-5,10-11H,2-3,6-9H2,(H,15,19)(H,16,18). The number of carbonyl (C=O) groups is 1. The van der Waals surface area contributed by atoms with Crippen LogP contribution in [-0.4, -0.2) is 54.2 Å². The van der Waals surface area contributed by atoms with Gasteiger partial charge in [-0.15, -0.1) is 0 Å². The lowest BCUT2D eigenvalue weighted by Gasteiger charge is -2.35. The number of nitrogens with zero attached hydrogens (tertiary/aromatic N) is 1. The Morgan fingerprint density at radius 2 is 2.40 bits per heavy atom. The van der Waals surface area contributed by atoms with Gasteiger partial charge in [0.05, 0.1) is 12.7 Å². The quantitative estimate of drug-likeness (QED) is 0.813. The molecule has 0 aliphatic carbocycles. The molecule has 6 nitrogen and oxygen atoms in total. The van der Waals surface area contributed by atoms with Crippen molar-refractivity contribution in [1.82, 2.24) is 15.2 Å². The number of H-pyrrole nitrogens is 1. The van der Waals surface area contributed by atoms with Gasteiger partial charge in [0.25, 0.3) is 5.91 Å². The number of aromatic amines is 1. The molecule has 0 bridgehead atoms. The third kappa shape index (κ3) is 2.91. The van der Waals surface area contributed by atoms with Crippen LogP contribution < -0.4 is 10.9 Å². The van der Waals surface area contributed by atoms with E-state index in [9.17, 15) is 9.59 Å². The van der Waals surface area contributed by atoms with Crippen LogP contribution in [0.15, 0.2) is 23.0 Å². The fourth-order valence-corrected chi connectivity index (χ4v) is 2.89. The molecule has 108 valence electrons. The molecule has 2 unspecified atom stereocenters. The number of rotatable bonds is 3. The molecule has 1 aromatic rings. The number of pyridine rings is 1. The van der Waals surface area contributed by atoms with Crippen LogP contribution in [0, 0.1) is 0 Å². The summed E-state index contributed by atoms with van der Waals surface area (Å²) in [7, 11) is 0. The molecule has 2 aliphatic heterocycles. The maximum Gasteiger partial charge on any atom is 0.267 e. The van der Waals surface area contributed by atoms with Crippen LogP contribution in [0.1, 0.15) is 23.3 Å². The van der Waals surface area contributed by atoms with Gasteiger partial charge < -0.3 is 15.0 Å². The summed E-state index contributed by atoms with van der Waals surface area (Å²) in [4.78, 5) is 28.0. The minimum Gasteiger partial charge on any atom is -0.373 e. The second-order valence-corrected chi connectivity index (χ2v) is 5.39. The predicted molar refractivity (Wildman–Crippen MR) is 73.7 cm³/mol. The molecular formula is C14H19N3O3. The number of morpholine rings is 1. The van der Waals surface area contributed by atoms with E-state index >= 15 is 0 Å². The zero-order valence-electron chi connectivity index (χ0n) is 11.3. The highest BCUT2D eigenvalue weighted by Gasteiger charge is 2.32. The van der Waals surface area contributed by atoms with Crippen LogP contribution >= 0.6 is 0 Å². The summed E-state index contributed by atoms with van der Waals surface area (Å²) in [5.74, 6) is -0.269. The first-order chi connectivity index (χ1) is 9.72. The highest BCUT2D eigenvalue weighted by Crippen LogP contribution is 2.22. The molecule has 2 aliphatic rings. The van der Waals surface area contributed by atoms with E-state index in [2.05, 4.69) is 15.2 Å². The van der Waals surface area contributed by atoms with Crippen molar-refractivity contribution in [3.05, 3.63) is 34.2 Å². The van der Waals surface area contributed by atoms with Gasteiger partial charge in [-0.3, -0.25) is 14.5 Å². The van der Waals surface area contributed by atoms with E-state index in [0.29, 0.717) is 12.6 Å². The van der Waals surface area contributed by atoms with E-state index < -0.39 is 0 Å². The van der Waals surface area contributed by atoms with Crippen molar-refractivity contribution in [2.75, 3.05) is 26.2 Å². The minimum absolute atomic E-state index is 0.0312. The summed E-state index contributed by atoms with van der Waals surface area (Å²) in [5, 5.41) is 2.82. The zero-order valence-corrected chi connectivity index (χ0v) is 11.3. The van der Waals surface area contributed by atoms with Crippen LogP contribution in [-0.2, 0) is 4.74 Å². The van der Waals surface area contributed by atoms with E-state index in [-0.39, 0.29) is 23.3 Å². The van der Waals surface area contributed by atoms with Crippen LogP contribution in [0.4, 0.5) is 0 Å². The first-order valence-corrected chi connectivity index (χ1v) is 7.05. The first kappa shape index (κ1) is 13.3. The third-order valence-corrected chi connectivity index (χ3v) is 3.96. The largest absolute Gasteiger partial charge is 0.373 e. The molecular weight excluding hydrogens is 258 g/mol. The maximum absolute atomic E-state index is 11.9. The average Bonchev–Trinajstić information content (AvgIpc) is 2.92. The third-order valence-electron chi connectivity index (χ3n) is 3.96. The van der Waals surface area contributed by atoms with Crippen molar-refractivity contribution >= 4 is 5.91 Å². The van der Waals surface area contributed by atoms with Crippen molar-refractivity contribution in [3.8, 4) is 0 Å². The Morgan fingerprint density at radius 1 is 1.50 bits per heavy atom. The van der Waals surface area contributed by atoms with Gasteiger partial charge in [-0.2, -0.15) is 0 Å². The SMILES string of the molecule is O=C(NCC1CN2CCCC2CO1)c1cccc(=O)[nH]1. The molecule has 3 rings (SSSR count). The molecule has 1 amide bonds. The summed E-state index contributed by atoms with van der Waals surface area (Å²) in [6, 6.07) is 5.11. The normalized spacial score (nSPS) is 26.2. The van der Waals surface area contributed by atoms with Crippen LogP contribution in [0.5, 0.6) is 0 Å². The van der Waals surface area contributed by atoms with Gasteiger partial charge in [-0.25, -0.2) is 0 Å². The number of aromatic nitrogens is 1. The maximum atomic E-state index is 11.9. The summed E-state index contributed by atoms with van der Waals surface area (Å²) < 4.78 is 5.77. The molecule has 2 atom stereocenters. The smallest absolute Gasteiger partial charge is 0.267 e. The Morgan fingerprint density at radius 3 is 3.25 bits per heavy atom. The molecule has 0 radical (unpaired) electrons. The highest BCUT2D eigenvalue weighted by atomic mass is 16.5. The lowest BCUT2D eigenvalue weighted by atomic mass is 10.2. The number of nitrogens with one attached hydrogen (secondary N) is 2. The van der Waals surface area contributed by atoms with Crippen molar-refractivity contribution < 1.29 is 9.53 Å². The summed E-state index contributed by atoms with van der Waals surface area (Å²) in [5.41, 5.74) is 0.0128. The number of carbonyl (C=O) groups excluding carboxylic acids is 1. The lowest BCUT2D eigenvalue weighted by Crippen LogP contribution is -2.50. The fourth-order valence-electron chi connectivity index (χ4n) is 2.89. The second-order valence-electron chi connectivity index (χ2n) is 5.39. The Labute approximate surface area is 117 Å². The number of hydrogen-bond donors (Lipinski definition) is 2. The summed E-state index contributed by atoms with van der Waals surface area (Å²) >= 11 is 0. The van der Waals surface area contributed by atoms with Crippen LogP contribution in [0.2, 0.25) is 0 Å². The van der Waals surface area contributed by atoms with E-state index in [4.69, 9.17) is 4.74 Å². The summed E-state index contributed by atoms with van der Waals surface area (Å²) in [6.45, 7) is 3.22. The van der Waals surface area contributed by atoms with Crippen molar-refractivity contribution in [2.45, 2.75) is 25.0 Å². The molecule has 0 aromatic carbocycles. The molecule has 2 saturated heterocycles. The van der Waals surface area contributed by atoms with Crippen molar-refractivity contribution in [1.29, 1.82) is 0 Å². The second kappa shape index (κ2) is 5.76. The fraction of sp³-hybridized carbons (Fsp3) is 0.571. The molecule has 2 N–H and O–H groups in total. The Bertz CT molecular complexity index is 542. The summed E-state index contributed by atoms with van der Waals surface area (Å²) in [6.07, 6.45) is 2.48. The van der Waals surface area contributed by atoms with E-state index in [0.717, 1.165) is 19.7 Å². The van der Waals surface area contributed by atoms with Gasteiger partial charge in [0.1, 0.15) is 5.69 Å². The predicted octanol–water partition coefficient (Wildman–Crippen LogP) is -0.0321. The highest BCUT2D eigenvalue weighted by molar-refractivity contribution is 5.92. The van der Waals surface area contributed by atoms with Gasteiger partial charge in [0.15, 0.2) is 0 Å². The number of fused-ring (bicyclic) bond motifs is 1. The van der Waals surface area contributed by atoms with Gasteiger partial charge in [0, 0.05) is 25.2 Å². The first-order valence-electron chi connectivity index (χ1n) is 7.05. The average molecular weight is 277 g/mol. The molecule has 1 aromatic heterocycles. The Kier molecular flexibility index (Phi) is 3.84. The van der Waals surface area contributed by atoms with Gasteiger partial charge >= 0.3 is 0 Å². The number of hydrogen-bond acceptors (Lipinski definition) is 4. The van der Waals surface area contributed by atoms with Gasteiger partial charge in [-0.1, -0.05) is 6.07 Å². The van der Waals surface area contributed by atoms with Gasteiger partial charge in [-0.05, 0) is 25.5 Å². The van der Waals surface area contributed by atoms with Crippen molar-refractivity contribution in [3.63, 3.8) is 0 Å². The monoisotopic (exact) mass is 277 g/mol. The van der Waals surface area contributed by atoms with Crippen molar-refractivity contribution in [2.24, 2.45) is 0 Å². The van der Waals surface area contributed by atoms with E-state index in [1.165, 1.54) is 18.9 Å². The number of ether oxygens (including phenoxy) is 1.